The number of hydrogen-bond donors (Lipinski definition) is 2. The fourth-order valence-electron chi connectivity index (χ4n) is 1.97. The third-order valence-corrected chi connectivity index (χ3v) is 3.96. The van der Waals surface area contributed by atoms with E-state index in [4.69, 9.17) is 4.74 Å². The number of thioether (sulfide) groups is 1. The van der Waals surface area contributed by atoms with Crippen LogP contribution in [0, 0.1) is 0 Å². The first-order chi connectivity index (χ1) is 11.2. The molecule has 0 aliphatic heterocycles. The van der Waals surface area contributed by atoms with Gasteiger partial charge in [-0.3, -0.25) is 0 Å². The van der Waals surface area contributed by atoms with Gasteiger partial charge in [0.15, 0.2) is 0 Å². The van der Waals surface area contributed by atoms with E-state index >= 15 is 0 Å². The number of alkyl halides is 1. The molecule has 2 heterocycles. The second-order valence-corrected chi connectivity index (χ2v) is 5.65. The summed E-state index contributed by atoms with van der Waals surface area (Å²) in [5.74, 6) is 0.360. The summed E-state index contributed by atoms with van der Waals surface area (Å²) in [5, 5.41) is 13.4. The number of nitrogens with one attached hydrogen (secondary N) is 1. The Balaban J connectivity index is 1.97. The summed E-state index contributed by atoms with van der Waals surface area (Å²) in [5.41, 5.74) is 0.584. The largest absolute Gasteiger partial charge is 0.472 e. The van der Waals surface area contributed by atoms with Gasteiger partial charge in [-0.1, -0.05) is 17.8 Å². The maximum atomic E-state index is 12.8. The molecule has 0 bridgehead atoms. The zero-order chi connectivity index (χ0) is 16.2. The molecule has 8 nitrogen and oxygen atoms in total. The number of hydrogen-bond acceptors (Lipinski definition) is 7. The molecule has 3 aromatic rings. The van der Waals surface area contributed by atoms with Gasteiger partial charge in [0.25, 0.3) is 0 Å². The molecule has 11 heteroatoms. The Kier molecular flexibility index (Phi) is 4.67. The Morgan fingerprint density at radius 3 is 2.91 bits per heavy atom. The zero-order valence-electron chi connectivity index (χ0n) is 11.6. The van der Waals surface area contributed by atoms with E-state index in [1.807, 2.05) is 0 Å². The molecule has 3 rings (SSSR count). The van der Waals surface area contributed by atoms with Gasteiger partial charge in [-0.2, -0.15) is 4.68 Å². The van der Waals surface area contributed by atoms with Crippen molar-refractivity contribution in [2.45, 2.75) is 11.5 Å². The second-order valence-electron chi connectivity index (χ2n) is 4.29. The summed E-state index contributed by atoms with van der Waals surface area (Å²) >= 11 is 5.02. The van der Waals surface area contributed by atoms with Crippen molar-refractivity contribution in [2.75, 3.05) is 6.01 Å². The minimum Gasteiger partial charge on any atom is -0.472 e. The van der Waals surface area contributed by atoms with Crippen LogP contribution in [-0.4, -0.2) is 35.4 Å². The van der Waals surface area contributed by atoms with Crippen LogP contribution < -0.4 is 10.4 Å². The molecule has 0 saturated carbocycles. The van der Waals surface area contributed by atoms with Crippen molar-refractivity contribution < 1.29 is 9.13 Å². The average Bonchev–Trinajstić information content (AvgIpc) is 3.14. The van der Waals surface area contributed by atoms with Gasteiger partial charge in [-0.05, 0) is 35.4 Å². The standard InChI is InChI=1S/C12H11FN6O2S2/c13-7-23-10-3-1-2-9(19-12(20)14-16-17-19)8(10)6-21-11-4-5-18(22)15-11/h1-5,22H,6-7H2,(H,14,17,20). The van der Waals surface area contributed by atoms with Gasteiger partial charge in [0.05, 0.1) is 5.69 Å². The lowest BCUT2D eigenvalue weighted by molar-refractivity contribution is 0.289. The number of rotatable bonds is 6. The van der Waals surface area contributed by atoms with E-state index < -0.39 is 11.7 Å². The summed E-state index contributed by atoms with van der Waals surface area (Å²) in [4.78, 5) is 12.4. The summed E-state index contributed by atoms with van der Waals surface area (Å²) in [6, 6.07) is 6.17. The fourth-order valence-corrected chi connectivity index (χ4v) is 2.75. The zero-order valence-corrected chi connectivity index (χ0v) is 13.3. The third kappa shape index (κ3) is 3.40. The molecular formula is C12H11FN6O2S2. The first-order valence-electron chi connectivity index (χ1n) is 6.38. The van der Waals surface area contributed by atoms with Gasteiger partial charge in [0, 0.05) is 22.7 Å². The number of aromatic amines is 1. The van der Waals surface area contributed by atoms with Crippen LogP contribution in [0.25, 0.3) is 5.69 Å². The van der Waals surface area contributed by atoms with Crippen molar-refractivity contribution in [1.82, 2.24) is 29.4 Å². The molecule has 0 amide bonds. The number of thiol groups is 1. The van der Waals surface area contributed by atoms with E-state index in [0.29, 0.717) is 22.0 Å². The highest BCUT2D eigenvalue weighted by molar-refractivity contribution is 7.99. The molecule has 0 unspecified atom stereocenters. The first kappa shape index (κ1) is 15.6. The van der Waals surface area contributed by atoms with Crippen molar-refractivity contribution in [1.29, 1.82) is 0 Å². The van der Waals surface area contributed by atoms with Crippen LogP contribution in [0.3, 0.4) is 0 Å². The number of aromatic nitrogens is 6. The van der Waals surface area contributed by atoms with Crippen LogP contribution in [0.1, 0.15) is 5.56 Å². The normalized spacial score (nSPS) is 10.9. The molecule has 0 radical (unpaired) electrons. The number of H-pyrrole nitrogens is 1. The van der Waals surface area contributed by atoms with E-state index in [-0.39, 0.29) is 6.61 Å². The quantitative estimate of drug-likeness (QED) is 0.514. The number of tetrazole rings is 1. The monoisotopic (exact) mass is 354 g/mol. The first-order valence-corrected chi connectivity index (χ1v) is 7.76. The average molecular weight is 354 g/mol. The predicted octanol–water partition coefficient (Wildman–Crippen LogP) is 1.44. The number of benzene rings is 1. The van der Waals surface area contributed by atoms with Crippen LogP contribution in [-0.2, 0) is 6.61 Å². The van der Waals surface area contributed by atoms with Gasteiger partial charge in [-0.15, -0.1) is 5.10 Å². The molecule has 23 heavy (non-hydrogen) atoms. The topological polar surface area (TPSA) is 90.6 Å². The fraction of sp³-hybridized carbons (Fsp3) is 0.167. The van der Waals surface area contributed by atoms with E-state index in [0.717, 1.165) is 16.4 Å². The van der Waals surface area contributed by atoms with Crippen LogP contribution >= 0.6 is 24.6 Å². The predicted molar refractivity (Wildman–Crippen MR) is 84.8 cm³/mol. The summed E-state index contributed by atoms with van der Waals surface area (Å²) < 4.78 is 20.8. The molecule has 120 valence electrons. The minimum absolute atomic E-state index is 0.0859. The van der Waals surface area contributed by atoms with E-state index in [1.165, 1.54) is 4.09 Å². The Bertz CT molecular complexity index is 861. The van der Waals surface area contributed by atoms with E-state index in [9.17, 15) is 9.18 Å². The smallest absolute Gasteiger partial charge is 0.365 e. The number of nitrogens with zero attached hydrogens (tertiary/aromatic N) is 5. The SMILES string of the molecule is O=c1[nH]nnn1-c1cccc(SCF)c1COc1ccn(S)n1. The highest BCUT2D eigenvalue weighted by Gasteiger charge is 2.15. The Hall–Kier alpha value is -2.27. The lowest BCUT2D eigenvalue weighted by Crippen LogP contribution is -2.18. The van der Waals surface area contributed by atoms with Gasteiger partial charge in [0.2, 0.25) is 5.88 Å². The van der Waals surface area contributed by atoms with Crippen LogP contribution in [0.4, 0.5) is 4.39 Å². The minimum atomic E-state index is -0.602. The Labute approximate surface area is 139 Å². The molecule has 0 aliphatic rings. The molecular weight excluding hydrogens is 343 g/mol. The van der Waals surface area contributed by atoms with Crippen molar-refractivity contribution in [3.05, 3.63) is 46.5 Å². The highest BCUT2D eigenvalue weighted by atomic mass is 32.2. The highest BCUT2D eigenvalue weighted by Crippen LogP contribution is 2.28. The second kappa shape index (κ2) is 6.87. The van der Waals surface area contributed by atoms with Crippen LogP contribution in [0.15, 0.2) is 40.2 Å². The van der Waals surface area contributed by atoms with Gasteiger partial charge < -0.3 is 4.74 Å². The summed E-state index contributed by atoms with van der Waals surface area (Å²) in [6.07, 6.45) is 1.61. The number of ether oxygens (including phenoxy) is 1. The molecule has 0 fully saturated rings. The molecule has 1 N–H and O–H groups in total. The third-order valence-electron chi connectivity index (χ3n) is 2.93. The summed E-state index contributed by atoms with van der Waals surface area (Å²) in [7, 11) is 0. The maximum Gasteiger partial charge on any atom is 0.365 e. The molecule has 0 saturated heterocycles. The van der Waals surface area contributed by atoms with Crippen molar-refractivity contribution in [3.63, 3.8) is 0 Å². The van der Waals surface area contributed by atoms with Crippen LogP contribution in [0.5, 0.6) is 5.88 Å². The Morgan fingerprint density at radius 2 is 2.26 bits per heavy atom. The van der Waals surface area contributed by atoms with E-state index in [2.05, 4.69) is 33.4 Å². The van der Waals surface area contributed by atoms with E-state index in [1.54, 1.807) is 30.5 Å². The van der Waals surface area contributed by atoms with Gasteiger partial charge in [0.1, 0.15) is 12.6 Å². The molecule has 0 aliphatic carbocycles. The molecule has 0 atom stereocenters. The van der Waals surface area contributed by atoms with Gasteiger partial charge in [-0.25, -0.2) is 18.4 Å². The lowest BCUT2D eigenvalue weighted by Gasteiger charge is -2.12. The van der Waals surface area contributed by atoms with Crippen LogP contribution in [0.2, 0.25) is 0 Å². The lowest BCUT2D eigenvalue weighted by atomic mass is 10.2. The molecule has 1 aromatic carbocycles. The van der Waals surface area contributed by atoms with Crippen molar-refractivity contribution in [3.8, 4) is 11.6 Å². The number of halogens is 1. The van der Waals surface area contributed by atoms with Gasteiger partial charge >= 0.3 is 5.69 Å². The maximum absolute atomic E-state index is 12.8. The molecule has 2 aromatic heterocycles. The Morgan fingerprint density at radius 1 is 1.39 bits per heavy atom. The van der Waals surface area contributed by atoms with Crippen molar-refractivity contribution >= 4 is 24.6 Å². The molecule has 0 spiro atoms. The van der Waals surface area contributed by atoms with Crippen molar-refractivity contribution in [2.24, 2.45) is 0 Å². The summed E-state index contributed by atoms with van der Waals surface area (Å²) in [6.45, 7) is 0.0859.